The van der Waals surface area contributed by atoms with Crippen LogP contribution in [-0.2, 0) is 6.42 Å². The zero-order chi connectivity index (χ0) is 22.7. The van der Waals surface area contributed by atoms with E-state index in [2.05, 4.69) is 27.5 Å². The normalized spacial score (nSPS) is 10.9. The van der Waals surface area contributed by atoms with E-state index in [9.17, 15) is 4.79 Å². The van der Waals surface area contributed by atoms with Crippen LogP contribution in [0.15, 0.2) is 36.4 Å². The van der Waals surface area contributed by atoms with Crippen LogP contribution in [0, 0.1) is 0 Å². The van der Waals surface area contributed by atoms with Crippen molar-refractivity contribution in [2.45, 2.75) is 19.8 Å². The van der Waals surface area contributed by atoms with Crippen molar-refractivity contribution < 1.29 is 19.0 Å². The molecule has 0 unspecified atom stereocenters. The second kappa shape index (κ2) is 9.23. The molecular formula is C22H23N5O4S. The van der Waals surface area contributed by atoms with E-state index < -0.39 is 0 Å². The molecule has 0 radical (unpaired) electrons. The zero-order valence-corrected chi connectivity index (χ0v) is 19.0. The Kier molecular flexibility index (Phi) is 6.22. The van der Waals surface area contributed by atoms with Gasteiger partial charge in [0, 0.05) is 23.2 Å². The van der Waals surface area contributed by atoms with Crippen LogP contribution in [-0.4, -0.2) is 47.0 Å². The van der Waals surface area contributed by atoms with E-state index in [1.54, 1.807) is 16.6 Å². The van der Waals surface area contributed by atoms with Gasteiger partial charge in [-0.15, -0.1) is 10.2 Å². The lowest BCUT2D eigenvalue weighted by Crippen LogP contribution is -2.12. The third kappa shape index (κ3) is 4.09. The first-order chi connectivity index (χ1) is 15.6. The Labute approximate surface area is 189 Å². The maximum absolute atomic E-state index is 12.9. The highest BCUT2D eigenvalue weighted by Crippen LogP contribution is 2.38. The minimum absolute atomic E-state index is 0.301. The predicted molar refractivity (Wildman–Crippen MR) is 122 cm³/mol. The molecule has 0 bridgehead atoms. The highest BCUT2D eigenvalue weighted by atomic mass is 32.1. The molecule has 0 aliphatic rings. The first kappa shape index (κ1) is 21.6. The monoisotopic (exact) mass is 453 g/mol. The van der Waals surface area contributed by atoms with Crippen molar-refractivity contribution in [2.75, 3.05) is 26.6 Å². The van der Waals surface area contributed by atoms with Gasteiger partial charge in [-0.2, -0.15) is 9.61 Å². The van der Waals surface area contributed by atoms with Crippen LogP contribution in [0.5, 0.6) is 17.2 Å². The Morgan fingerprint density at radius 2 is 1.81 bits per heavy atom. The number of ether oxygens (including phenoxy) is 3. The number of nitrogens with zero attached hydrogens (tertiary/aromatic N) is 4. The molecule has 0 spiro atoms. The largest absolute Gasteiger partial charge is 0.493 e. The van der Waals surface area contributed by atoms with Crippen molar-refractivity contribution in [1.82, 2.24) is 19.8 Å². The summed E-state index contributed by atoms with van der Waals surface area (Å²) in [6.45, 7) is 2.09. The van der Waals surface area contributed by atoms with Crippen molar-refractivity contribution in [1.29, 1.82) is 0 Å². The van der Waals surface area contributed by atoms with Gasteiger partial charge in [-0.05, 0) is 30.7 Å². The van der Waals surface area contributed by atoms with Gasteiger partial charge in [0.05, 0.1) is 21.3 Å². The molecule has 2 heterocycles. The molecule has 0 fully saturated rings. The number of hydrogen-bond acceptors (Lipinski definition) is 8. The molecule has 4 rings (SSSR count). The van der Waals surface area contributed by atoms with Crippen molar-refractivity contribution in [3.63, 3.8) is 0 Å². The summed E-state index contributed by atoms with van der Waals surface area (Å²) < 4.78 is 17.8. The summed E-state index contributed by atoms with van der Waals surface area (Å²) in [6, 6.07) is 10.7. The molecule has 1 amide bonds. The minimum atomic E-state index is -0.301. The summed E-state index contributed by atoms with van der Waals surface area (Å²) >= 11 is 1.45. The molecule has 9 nitrogen and oxygen atoms in total. The standard InChI is InChI=1S/C22H23N5O4S/c1-5-7-18-24-25-22-27(18)26-21(32-22)13-8-6-9-15(10-13)23-20(28)14-11-16(29-2)19(31-4)17(12-14)30-3/h6,8-12H,5,7H2,1-4H3,(H,23,28). The second-order valence-corrected chi connectivity index (χ2v) is 7.87. The van der Waals surface area contributed by atoms with Gasteiger partial charge in [-0.1, -0.05) is 30.4 Å². The van der Waals surface area contributed by atoms with E-state index in [0.717, 1.165) is 34.2 Å². The molecule has 166 valence electrons. The smallest absolute Gasteiger partial charge is 0.255 e. The number of methoxy groups -OCH3 is 3. The van der Waals surface area contributed by atoms with Gasteiger partial charge in [0.15, 0.2) is 17.3 Å². The van der Waals surface area contributed by atoms with Crippen LogP contribution in [0.4, 0.5) is 5.69 Å². The van der Waals surface area contributed by atoms with Gasteiger partial charge in [-0.25, -0.2) is 0 Å². The Morgan fingerprint density at radius 3 is 2.47 bits per heavy atom. The lowest BCUT2D eigenvalue weighted by molar-refractivity contribution is 0.102. The maximum Gasteiger partial charge on any atom is 0.255 e. The average molecular weight is 454 g/mol. The lowest BCUT2D eigenvalue weighted by atomic mass is 10.1. The molecule has 0 saturated heterocycles. The second-order valence-electron chi connectivity index (χ2n) is 6.92. The molecule has 0 saturated carbocycles. The van der Waals surface area contributed by atoms with Crippen LogP contribution >= 0.6 is 11.3 Å². The molecule has 4 aromatic rings. The number of carbonyl (C=O) groups excluding carboxylic acids is 1. The molecular weight excluding hydrogens is 430 g/mol. The molecule has 0 aliphatic heterocycles. The molecule has 2 aromatic carbocycles. The Bertz CT molecular complexity index is 1240. The van der Waals surface area contributed by atoms with Crippen molar-refractivity contribution in [2.24, 2.45) is 0 Å². The van der Waals surface area contributed by atoms with Crippen LogP contribution < -0.4 is 19.5 Å². The lowest BCUT2D eigenvalue weighted by Gasteiger charge is -2.14. The van der Waals surface area contributed by atoms with Crippen molar-refractivity contribution >= 4 is 27.9 Å². The summed E-state index contributed by atoms with van der Waals surface area (Å²) in [5, 5.41) is 16.8. The predicted octanol–water partition coefficient (Wildman–Crippen LogP) is 4.08. The number of hydrogen-bond donors (Lipinski definition) is 1. The van der Waals surface area contributed by atoms with Gasteiger partial charge >= 0.3 is 0 Å². The number of anilines is 1. The summed E-state index contributed by atoms with van der Waals surface area (Å²) in [6.07, 6.45) is 1.78. The first-order valence-corrected chi connectivity index (χ1v) is 10.8. The zero-order valence-electron chi connectivity index (χ0n) is 18.2. The summed E-state index contributed by atoms with van der Waals surface area (Å²) in [7, 11) is 4.53. The Morgan fingerprint density at radius 1 is 1.06 bits per heavy atom. The molecule has 2 aromatic heterocycles. The van der Waals surface area contributed by atoms with E-state index in [1.807, 2.05) is 24.3 Å². The third-order valence-electron chi connectivity index (χ3n) is 4.82. The topological polar surface area (TPSA) is 99.9 Å². The van der Waals surface area contributed by atoms with Gasteiger partial charge in [-0.3, -0.25) is 4.79 Å². The number of carbonyl (C=O) groups is 1. The SMILES string of the molecule is CCCc1nnc2sc(-c3cccc(NC(=O)c4cc(OC)c(OC)c(OC)c4)c3)nn12. The summed E-state index contributed by atoms with van der Waals surface area (Å²) in [4.78, 5) is 13.7. The number of aromatic nitrogens is 4. The van der Waals surface area contributed by atoms with Gasteiger partial charge in [0.25, 0.3) is 5.91 Å². The quantitative estimate of drug-likeness (QED) is 0.429. The first-order valence-electron chi connectivity index (χ1n) is 10.0. The number of fused-ring (bicyclic) bond motifs is 1. The van der Waals surface area contributed by atoms with E-state index in [-0.39, 0.29) is 5.91 Å². The molecule has 0 aliphatic carbocycles. The van der Waals surface area contributed by atoms with Crippen LogP contribution in [0.3, 0.4) is 0 Å². The number of amides is 1. The maximum atomic E-state index is 12.9. The Hall–Kier alpha value is -3.66. The van der Waals surface area contributed by atoms with E-state index in [4.69, 9.17) is 14.2 Å². The van der Waals surface area contributed by atoms with Crippen LogP contribution in [0.25, 0.3) is 15.5 Å². The number of rotatable bonds is 8. The summed E-state index contributed by atoms with van der Waals surface area (Å²) in [5.74, 6) is 1.79. The fourth-order valence-electron chi connectivity index (χ4n) is 3.30. The van der Waals surface area contributed by atoms with Crippen LogP contribution in [0.2, 0.25) is 0 Å². The fourth-order valence-corrected chi connectivity index (χ4v) is 4.15. The highest BCUT2D eigenvalue weighted by molar-refractivity contribution is 7.19. The van der Waals surface area contributed by atoms with Gasteiger partial charge in [0.2, 0.25) is 10.7 Å². The molecule has 0 atom stereocenters. The van der Waals surface area contributed by atoms with Crippen molar-refractivity contribution in [3.05, 3.63) is 47.8 Å². The highest BCUT2D eigenvalue weighted by Gasteiger charge is 2.18. The number of benzene rings is 2. The Balaban J connectivity index is 1.60. The van der Waals surface area contributed by atoms with E-state index in [0.29, 0.717) is 28.5 Å². The average Bonchev–Trinajstić information content (AvgIpc) is 3.40. The minimum Gasteiger partial charge on any atom is -0.493 e. The van der Waals surface area contributed by atoms with Gasteiger partial charge < -0.3 is 19.5 Å². The number of nitrogens with one attached hydrogen (secondary N) is 1. The van der Waals surface area contributed by atoms with Crippen LogP contribution in [0.1, 0.15) is 29.5 Å². The molecule has 32 heavy (non-hydrogen) atoms. The number of aryl methyl sites for hydroxylation is 1. The van der Waals surface area contributed by atoms with Crippen molar-refractivity contribution in [3.8, 4) is 27.8 Å². The molecule has 10 heteroatoms. The van der Waals surface area contributed by atoms with Gasteiger partial charge in [0.1, 0.15) is 5.01 Å². The summed E-state index contributed by atoms with van der Waals surface area (Å²) in [5.41, 5.74) is 1.90. The third-order valence-corrected chi connectivity index (χ3v) is 5.77. The molecule has 1 N–H and O–H groups in total. The van der Waals surface area contributed by atoms with E-state index >= 15 is 0 Å². The fraction of sp³-hybridized carbons (Fsp3) is 0.273. The van der Waals surface area contributed by atoms with E-state index in [1.165, 1.54) is 32.7 Å².